The smallest absolute Gasteiger partial charge is 0.107 e. The second kappa shape index (κ2) is 8.76. The fourth-order valence-electron chi connectivity index (χ4n) is 3.80. The maximum Gasteiger partial charge on any atom is 0.107 e. The Kier molecular flexibility index (Phi) is 6.64. The number of nitrogens with one attached hydrogen (secondary N) is 1. The van der Waals surface area contributed by atoms with Gasteiger partial charge in [0.1, 0.15) is 5.01 Å². The van der Waals surface area contributed by atoms with Gasteiger partial charge in [0.05, 0.1) is 12.2 Å². The average Bonchev–Trinajstić information content (AvgIpc) is 3.04. The fraction of sp³-hybridized carbons (Fsp3) is 0.579. The molecule has 0 amide bonds. The fourth-order valence-corrected chi connectivity index (χ4v) is 4.97. The molecule has 0 aromatic carbocycles. The summed E-state index contributed by atoms with van der Waals surface area (Å²) in [4.78, 5) is 15.7. The van der Waals surface area contributed by atoms with Crippen molar-refractivity contribution < 1.29 is 0 Å². The highest BCUT2D eigenvalue weighted by molar-refractivity contribution is 7.11. The van der Waals surface area contributed by atoms with Gasteiger partial charge in [-0.3, -0.25) is 14.8 Å². The molecule has 2 aliphatic heterocycles. The molecule has 2 aliphatic rings. The third-order valence-corrected chi connectivity index (χ3v) is 6.39. The predicted molar refractivity (Wildman–Crippen MR) is 109 cm³/mol. The van der Waals surface area contributed by atoms with Gasteiger partial charge in [-0.2, -0.15) is 0 Å². The molecular weight excluding hydrogens is 366 g/mol. The topological polar surface area (TPSA) is 44.3 Å². The summed E-state index contributed by atoms with van der Waals surface area (Å²) in [5.41, 5.74) is 2.68. The van der Waals surface area contributed by atoms with Crippen molar-refractivity contribution in [1.82, 2.24) is 25.1 Å². The van der Waals surface area contributed by atoms with E-state index < -0.39 is 0 Å². The molecule has 0 radical (unpaired) electrons. The lowest BCUT2D eigenvalue weighted by atomic mass is 10.0. The van der Waals surface area contributed by atoms with E-state index in [2.05, 4.69) is 46.1 Å². The van der Waals surface area contributed by atoms with E-state index in [0.717, 1.165) is 45.7 Å². The SMILES string of the molecule is CC(C)N1CCc2nc(CN3CCNCC3c3ccncc3)sc2C1.Cl. The van der Waals surface area contributed by atoms with E-state index in [4.69, 9.17) is 4.98 Å². The summed E-state index contributed by atoms with van der Waals surface area (Å²) < 4.78 is 0. The molecule has 0 bridgehead atoms. The Morgan fingerprint density at radius 3 is 2.85 bits per heavy atom. The molecule has 0 spiro atoms. The minimum atomic E-state index is 0. The second-order valence-electron chi connectivity index (χ2n) is 7.26. The van der Waals surface area contributed by atoms with Crippen molar-refractivity contribution >= 4 is 23.7 Å². The number of halogens is 1. The predicted octanol–water partition coefficient (Wildman–Crippen LogP) is 2.87. The van der Waals surface area contributed by atoms with Crippen molar-refractivity contribution in [3.8, 4) is 0 Å². The molecule has 5 nitrogen and oxygen atoms in total. The first-order valence-corrected chi connectivity index (χ1v) is 10.1. The Morgan fingerprint density at radius 2 is 2.08 bits per heavy atom. The summed E-state index contributed by atoms with van der Waals surface area (Å²) >= 11 is 1.92. The largest absolute Gasteiger partial charge is 0.314 e. The molecule has 4 heterocycles. The number of pyridine rings is 1. The first kappa shape index (κ1) is 19.7. The monoisotopic (exact) mass is 393 g/mol. The number of thiazole rings is 1. The average molecular weight is 394 g/mol. The van der Waals surface area contributed by atoms with Crippen molar-refractivity contribution in [3.05, 3.63) is 45.7 Å². The first-order valence-electron chi connectivity index (χ1n) is 9.27. The van der Waals surface area contributed by atoms with Crippen LogP contribution < -0.4 is 5.32 Å². The zero-order valence-corrected chi connectivity index (χ0v) is 17.2. The van der Waals surface area contributed by atoms with Crippen LogP contribution in [0.2, 0.25) is 0 Å². The molecule has 4 rings (SSSR count). The summed E-state index contributed by atoms with van der Waals surface area (Å²) in [5.74, 6) is 0. The van der Waals surface area contributed by atoms with Gasteiger partial charge in [0.15, 0.2) is 0 Å². The summed E-state index contributed by atoms with van der Waals surface area (Å²) in [6, 6.07) is 5.30. The molecule has 2 aromatic heterocycles. The third-order valence-electron chi connectivity index (χ3n) is 5.32. The molecule has 1 N–H and O–H groups in total. The highest BCUT2D eigenvalue weighted by atomic mass is 35.5. The van der Waals surface area contributed by atoms with Crippen LogP contribution in [0, 0.1) is 0 Å². The van der Waals surface area contributed by atoms with E-state index >= 15 is 0 Å². The first-order chi connectivity index (χ1) is 12.2. The Hall–Kier alpha value is -1.05. The van der Waals surface area contributed by atoms with Gasteiger partial charge in [0.25, 0.3) is 0 Å². The van der Waals surface area contributed by atoms with Gasteiger partial charge in [-0.15, -0.1) is 23.7 Å². The van der Waals surface area contributed by atoms with Crippen LogP contribution in [-0.2, 0) is 19.5 Å². The highest BCUT2D eigenvalue weighted by Crippen LogP contribution is 2.29. The molecule has 1 atom stereocenters. The van der Waals surface area contributed by atoms with E-state index in [-0.39, 0.29) is 12.4 Å². The molecule has 26 heavy (non-hydrogen) atoms. The van der Waals surface area contributed by atoms with Crippen molar-refractivity contribution in [2.24, 2.45) is 0 Å². The number of fused-ring (bicyclic) bond motifs is 1. The number of piperazine rings is 1. The Morgan fingerprint density at radius 1 is 1.27 bits per heavy atom. The van der Waals surface area contributed by atoms with Gasteiger partial charge in [0, 0.05) is 68.5 Å². The molecule has 1 fully saturated rings. The van der Waals surface area contributed by atoms with Crippen LogP contribution in [-0.4, -0.2) is 52.0 Å². The van der Waals surface area contributed by atoms with E-state index in [1.165, 1.54) is 21.1 Å². The van der Waals surface area contributed by atoms with Crippen molar-refractivity contribution in [3.63, 3.8) is 0 Å². The number of nitrogens with zero attached hydrogens (tertiary/aromatic N) is 4. The summed E-state index contributed by atoms with van der Waals surface area (Å²) in [7, 11) is 0. The van der Waals surface area contributed by atoms with Crippen LogP contribution in [0.25, 0.3) is 0 Å². The van der Waals surface area contributed by atoms with Gasteiger partial charge < -0.3 is 5.32 Å². The maximum atomic E-state index is 4.98. The van der Waals surface area contributed by atoms with Crippen molar-refractivity contribution in [2.45, 2.75) is 45.4 Å². The molecule has 142 valence electrons. The van der Waals surface area contributed by atoms with E-state index in [9.17, 15) is 0 Å². The van der Waals surface area contributed by atoms with Gasteiger partial charge in [-0.25, -0.2) is 4.98 Å². The minimum absolute atomic E-state index is 0. The van der Waals surface area contributed by atoms with Crippen molar-refractivity contribution in [1.29, 1.82) is 0 Å². The number of aromatic nitrogens is 2. The summed E-state index contributed by atoms with van der Waals surface area (Å²) in [6.45, 7) is 10.8. The number of hydrogen-bond donors (Lipinski definition) is 1. The summed E-state index contributed by atoms with van der Waals surface area (Å²) in [5, 5.41) is 4.81. The third kappa shape index (κ3) is 4.26. The maximum absolute atomic E-state index is 4.98. The molecule has 7 heteroatoms. The zero-order chi connectivity index (χ0) is 17.2. The summed E-state index contributed by atoms with van der Waals surface area (Å²) in [6.07, 6.45) is 4.88. The highest BCUT2D eigenvalue weighted by Gasteiger charge is 2.27. The standard InChI is InChI=1S/C19H27N5S.ClH/c1-14(2)23-9-5-16-18(12-23)25-19(22-16)13-24-10-8-21-11-17(24)15-3-6-20-7-4-15;/h3-4,6-7,14,17,21H,5,8-13H2,1-2H3;1H. The van der Waals surface area contributed by atoms with Gasteiger partial charge >= 0.3 is 0 Å². The normalized spacial score (nSPS) is 21.4. The minimum Gasteiger partial charge on any atom is -0.314 e. The quantitative estimate of drug-likeness (QED) is 0.865. The molecule has 0 aliphatic carbocycles. The van der Waals surface area contributed by atoms with Crippen LogP contribution in [0.3, 0.4) is 0 Å². The Bertz CT molecular complexity index is 705. The van der Waals surface area contributed by atoms with Gasteiger partial charge in [-0.05, 0) is 31.5 Å². The van der Waals surface area contributed by atoms with Crippen LogP contribution in [0.15, 0.2) is 24.5 Å². The van der Waals surface area contributed by atoms with Crippen LogP contribution >= 0.6 is 23.7 Å². The second-order valence-corrected chi connectivity index (χ2v) is 8.43. The van der Waals surface area contributed by atoms with Gasteiger partial charge in [0.2, 0.25) is 0 Å². The van der Waals surface area contributed by atoms with E-state index in [1.807, 2.05) is 23.7 Å². The molecule has 2 aromatic rings. The van der Waals surface area contributed by atoms with Gasteiger partial charge in [-0.1, -0.05) is 0 Å². The Labute approximate surface area is 166 Å². The lowest BCUT2D eigenvalue weighted by molar-refractivity contribution is 0.153. The molecule has 1 saturated heterocycles. The lowest BCUT2D eigenvalue weighted by Gasteiger charge is -2.35. The lowest BCUT2D eigenvalue weighted by Crippen LogP contribution is -2.45. The van der Waals surface area contributed by atoms with E-state index in [1.54, 1.807) is 0 Å². The zero-order valence-electron chi connectivity index (χ0n) is 15.5. The number of rotatable bonds is 4. The van der Waals surface area contributed by atoms with Crippen LogP contribution in [0.5, 0.6) is 0 Å². The van der Waals surface area contributed by atoms with Crippen LogP contribution in [0.4, 0.5) is 0 Å². The Balaban J connectivity index is 0.00000196. The molecular formula is C19H28ClN5S. The molecule has 1 unspecified atom stereocenters. The van der Waals surface area contributed by atoms with Crippen molar-refractivity contribution in [2.75, 3.05) is 26.2 Å². The van der Waals surface area contributed by atoms with Crippen LogP contribution in [0.1, 0.15) is 41.0 Å². The number of hydrogen-bond acceptors (Lipinski definition) is 6. The van der Waals surface area contributed by atoms with E-state index in [0.29, 0.717) is 12.1 Å². The molecule has 0 saturated carbocycles.